The maximum Gasteiger partial charge on any atom is 0.252 e. The third-order valence-electron chi connectivity index (χ3n) is 6.56. The van der Waals surface area contributed by atoms with E-state index in [2.05, 4.69) is 19.2 Å². The average molecular weight is 428 g/mol. The fraction of sp³-hybridized carbons (Fsp3) is 0.640. The van der Waals surface area contributed by atoms with E-state index >= 15 is 0 Å². The van der Waals surface area contributed by atoms with Crippen LogP contribution in [-0.4, -0.2) is 59.7 Å². The Hall–Kier alpha value is -2.37. The number of carbonyl (C=O) groups is 3. The SMILES string of the molecule is Cc1ccccc1C(=O)NC(C(=O)N1CCCCC1)C1CCN(C(=O)CC(C)C)CC1. The Morgan fingerprint density at radius 1 is 0.968 bits per heavy atom. The summed E-state index contributed by atoms with van der Waals surface area (Å²) in [6.07, 6.45) is 5.23. The molecule has 0 spiro atoms. The minimum absolute atomic E-state index is 0.0357. The number of carbonyl (C=O) groups excluding carboxylic acids is 3. The van der Waals surface area contributed by atoms with Crippen LogP contribution in [0.25, 0.3) is 0 Å². The van der Waals surface area contributed by atoms with Gasteiger partial charge in [0.05, 0.1) is 0 Å². The first kappa shape index (κ1) is 23.3. The fourth-order valence-corrected chi connectivity index (χ4v) is 4.70. The summed E-state index contributed by atoms with van der Waals surface area (Å²) in [6, 6.07) is 6.94. The molecule has 0 radical (unpaired) electrons. The van der Waals surface area contributed by atoms with Crippen LogP contribution in [0, 0.1) is 18.8 Å². The van der Waals surface area contributed by atoms with Crippen molar-refractivity contribution in [2.24, 2.45) is 11.8 Å². The molecule has 0 aromatic heterocycles. The fourth-order valence-electron chi connectivity index (χ4n) is 4.70. The quantitative estimate of drug-likeness (QED) is 0.757. The van der Waals surface area contributed by atoms with E-state index in [0.717, 1.165) is 50.8 Å². The molecule has 1 atom stereocenters. The molecule has 2 heterocycles. The van der Waals surface area contributed by atoms with Gasteiger partial charge in [0.1, 0.15) is 6.04 Å². The molecule has 6 nitrogen and oxygen atoms in total. The van der Waals surface area contributed by atoms with Crippen molar-refractivity contribution < 1.29 is 14.4 Å². The number of likely N-dealkylation sites (tertiary alicyclic amines) is 2. The van der Waals surface area contributed by atoms with Crippen LogP contribution in [0.5, 0.6) is 0 Å². The largest absolute Gasteiger partial charge is 0.343 e. The number of aryl methyl sites for hydroxylation is 1. The Balaban J connectivity index is 1.72. The van der Waals surface area contributed by atoms with Crippen LogP contribution < -0.4 is 5.32 Å². The number of nitrogens with zero attached hydrogens (tertiary/aromatic N) is 2. The lowest BCUT2D eigenvalue weighted by molar-refractivity contribution is -0.137. The molecular weight excluding hydrogens is 390 g/mol. The Labute approximate surface area is 186 Å². The van der Waals surface area contributed by atoms with Crippen molar-refractivity contribution in [2.75, 3.05) is 26.2 Å². The minimum atomic E-state index is -0.535. The molecule has 2 aliphatic heterocycles. The maximum atomic E-state index is 13.4. The van der Waals surface area contributed by atoms with E-state index in [9.17, 15) is 14.4 Å². The number of hydrogen-bond acceptors (Lipinski definition) is 3. The summed E-state index contributed by atoms with van der Waals surface area (Å²) >= 11 is 0. The molecule has 3 amide bonds. The first-order valence-corrected chi connectivity index (χ1v) is 11.8. The van der Waals surface area contributed by atoms with E-state index in [-0.39, 0.29) is 23.6 Å². The second-order valence-electron chi connectivity index (χ2n) is 9.47. The molecule has 1 aromatic carbocycles. The van der Waals surface area contributed by atoms with Gasteiger partial charge in [-0.1, -0.05) is 32.0 Å². The van der Waals surface area contributed by atoms with Crippen molar-refractivity contribution in [1.82, 2.24) is 15.1 Å². The highest BCUT2D eigenvalue weighted by atomic mass is 16.2. The van der Waals surface area contributed by atoms with Gasteiger partial charge in [0.15, 0.2) is 0 Å². The second kappa shape index (κ2) is 10.8. The van der Waals surface area contributed by atoms with Crippen molar-refractivity contribution in [3.05, 3.63) is 35.4 Å². The maximum absolute atomic E-state index is 13.4. The smallest absolute Gasteiger partial charge is 0.252 e. The van der Waals surface area contributed by atoms with Crippen molar-refractivity contribution in [1.29, 1.82) is 0 Å². The van der Waals surface area contributed by atoms with Crippen LogP contribution in [0.1, 0.15) is 68.3 Å². The Kier molecular flexibility index (Phi) is 8.10. The van der Waals surface area contributed by atoms with Gasteiger partial charge in [0, 0.05) is 38.2 Å². The van der Waals surface area contributed by atoms with Gasteiger partial charge in [-0.05, 0) is 62.5 Å². The van der Waals surface area contributed by atoms with Gasteiger partial charge in [-0.3, -0.25) is 14.4 Å². The van der Waals surface area contributed by atoms with Crippen LogP contribution in [0.2, 0.25) is 0 Å². The summed E-state index contributed by atoms with van der Waals surface area (Å²) in [4.78, 5) is 42.8. The monoisotopic (exact) mass is 427 g/mol. The normalized spacial score (nSPS) is 18.7. The molecule has 0 aliphatic carbocycles. The number of benzene rings is 1. The van der Waals surface area contributed by atoms with Crippen molar-refractivity contribution >= 4 is 17.7 Å². The van der Waals surface area contributed by atoms with Gasteiger partial charge in [0.25, 0.3) is 5.91 Å². The van der Waals surface area contributed by atoms with E-state index in [1.807, 2.05) is 34.9 Å². The molecule has 2 aliphatic rings. The predicted molar refractivity (Wildman–Crippen MR) is 122 cm³/mol. The molecule has 2 saturated heterocycles. The van der Waals surface area contributed by atoms with Crippen LogP contribution in [0.3, 0.4) is 0 Å². The van der Waals surface area contributed by atoms with Crippen LogP contribution in [0.15, 0.2) is 24.3 Å². The highest BCUT2D eigenvalue weighted by molar-refractivity contribution is 5.98. The molecule has 31 heavy (non-hydrogen) atoms. The molecule has 0 bridgehead atoms. The molecule has 0 saturated carbocycles. The third kappa shape index (κ3) is 6.08. The first-order valence-electron chi connectivity index (χ1n) is 11.8. The lowest BCUT2D eigenvalue weighted by Gasteiger charge is -2.38. The van der Waals surface area contributed by atoms with Gasteiger partial charge in [0.2, 0.25) is 11.8 Å². The second-order valence-corrected chi connectivity index (χ2v) is 9.47. The predicted octanol–water partition coefficient (Wildman–Crippen LogP) is 3.39. The number of amides is 3. The van der Waals surface area contributed by atoms with Gasteiger partial charge >= 0.3 is 0 Å². The van der Waals surface area contributed by atoms with Crippen molar-refractivity contribution in [3.8, 4) is 0 Å². The molecule has 6 heteroatoms. The van der Waals surface area contributed by atoms with Gasteiger partial charge in [-0.2, -0.15) is 0 Å². The molecular formula is C25H37N3O3. The lowest BCUT2D eigenvalue weighted by Crippen LogP contribution is -2.55. The molecule has 1 unspecified atom stereocenters. The topological polar surface area (TPSA) is 69.7 Å². The highest BCUT2D eigenvalue weighted by Crippen LogP contribution is 2.25. The van der Waals surface area contributed by atoms with E-state index in [1.165, 1.54) is 0 Å². The lowest BCUT2D eigenvalue weighted by atomic mass is 9.87. The summed E-state index contributed by atoms with van der Waals surface area (Å²) in [5.74, 6) is 0.425. The summed E-state index contributed by atoms with van der Waals surface area (Å²) < 4.78 is 0. The van der Waals surface area contributed by atoms with Crippen molar-refractivity contribution in [3.63, 3.8) is 0 Å². The van der Waals surface area contributed by atoms with Crippen LogP contribution >= 0.6 is 0 Å². The van der Waals surface area contributed by atoms with Gasteiger partial charge in [-0.25, -0.2) is 0 Å². The van der Waals surface area contributed by atoms with Gasteiger partial charge in [-0.15, -0.1) is 0 Å². The number of rotatable bonds is 6. The van der Waals surface area contributed by atoms with Gasteiger partial charge < -0.3 is 15.1 Å². The zero-order chi connectivity index (χ0) is 22.4. The Morgan fingerprint density at radius 2 is 1.61 bits per heavy atom. The summed E-state index contributed by atoms with van der Waals surface area (Å²) in [5.41, 5.74) is 1.52. The highest BCUT2D eigenvalue weighted by Gasteiger charge is 2.36. The number of nitrogens with one attached hydrogen (secondary N) is 1. The molecule has 1 aromatic rings. The average Bonchev–Trinajstić information content (AvgIpc) is 2.77. The molecule has 1 N–H and O–H groups in total. The van der Waals surface area contributed by atoms with E-state index < -0.39 is 6.04 Å². The van der Waals surface area contributed by atoms with Crippen LogP contribution in [0.4, 0.5) is 0 Å². The Morgan fingerprint density at radius 3 is 2.23 bits per heavy atom. The minimum Gasteiger partial charge on any atom is -0.343 e. The zero-order valence-corrected chi connectivity index (χ0v) is 19.2. The summed E-state index contributed by atoms with van der Waals surface area (Å²) in [7, 11) is 0. The first-order chi connectivity index (χ1) is 14.9. The zero-order valence-electron chi connectivity index (χ0n) is 19.2. The molecule has 170 valence electrons. The number of hydrogen-bond donors (Lipinski definition) is 1. The number of piperidine rings is 2. The van der Waals surface area contributed by atoms with E-state index in [0.29, 0.717) is 31.0 Å². The molecule has 2 fully saturated rings. The summed E-state index contributed by atoms with van der Waals surface area (Å²) in [6.45, 7) is 8.86. The Bertz CT molecular complexity index is 778. The van der Waals surface area contributed by atoms with Crippen LogP contribution in [-0.2, 0) is 9.59 Å². The summed E-state index contributed by atoms with van der Waals surface area (Å²) in [5, 5.41) is 3.08. The van der Waals surface area contributed by atoms with E-state index in [4.69, 9.17) is 0 Å². The van der Waals surface area contributed by atoms with Crippen molar-refractivity contribution in [2.45, 2.75) is 65.3 Å². The third-order valence-corrected chi connectivity index (χ3v) is 6.56. The standard InChI is InChI=1S/C25H37N3O3/c1-18(2)17-22(29)27-15-11-20(12-16-27)23(25(31)28-13-7-4-8-14-28)26-24(30)21-10-6-5-9-19(21)3/h5-6,9-10,18,20,23H,4,7-8,11-17H2,1-3H3,(H,26,30). The van der Waals surface area contributed by atoms with E-state index in [1.54, 1.807) is 6.07 Å². The molecule has 3 rings (SSSR count).